The Bertz CT molecular complexity index is 976. The molecule has 0 bridgehead atoms. The van der Waals surface area contributed by atoms with Gasteiger partial charge in [0.1, 0.15) is 6.10 Å². The molecule has 0 radical (unpaired) electrons. The molecule has 4 rings (SSSR count). The van der Waals surface area contributed by atoms with Crippen LogP contribution in [0.15, 0.2) is 78.3 Å². The van der Waals surface area contributed by atoms with Crippen LogP contribution >= 0.6 is 0 Å². The maximum atomic E-state index is 12.4. The van der Waals surface area contributed by atoms with Crippen molar-refractivity contribution in [3.8, 4) is 0 Å². The lowest BCUT2D eigenvalue weighted by molar-refractivity contribution is -0.125. The van der Waals surface area contributed by atoms with Gasteiger partial charge in [-0.2, -0.15) is 0 Å². The fraction of sp³-hybridized carbons (Fsp3) is 0.143. The summed E-state index contributed by atoms with van der Waals surface area (Å²) in [7, 11) is 0. The number of benzene rings is 1. The summed E-state index contributed by atoms with van der Waals surface area (Å²) in [6.07, 6.45) is 3.88. The maximum Gasteiger partial charge on any atom is 0.268 e. The summed E-state index contributed by atoms with van der Waals surface area (Å²) in [5.41, 5.74) is 3.41. The summed E-state index contributed by atoms with van der Waals surface area (Å²) in [5, 5.41) is 17.2. The third-order valence-corrected chi connectivity index (χ3v) is 4.42. The Labute approximate surface area is 161 Å². The van der Waals surface area contributed by atoms with E-state index in [1.54, 1.807) is 55.0 Å². The minimum absolute atomic E-state index is 0.277. The van der Waals surface area contributed by atoms with Crippen LogP contribution in [-0.2, 0) is 9.63 Å². The van der Waals surface area contributed by atoms with Crippen molar-refractivity contribution in [2.75, 3.05) is 5.32 Å². The molecule has 0 fully saturated rings. The van der Waals surface area contributed by atoms with Crippen molar-refractivity contribution in [1.82, 2.24) is 9.97 Å². The van der Waals surface area contributed by atoms with E-state index in [-0.39, 0.29) is 5.91 Å². The third-order valence-electron chi connectivity index (χ3n) is 4.42. The Morgan fingerprint density at radius 1 is 1.11 bits per heavy atom. The minimum Gasteiger partial charge on any atom is -0.382 e. The lowest BCUT2D eigenvalue weighted by Gasteiger charge is -2.12. The van der Waals surface area contributed by atoms with Gasteiger partial charge in [0.05, 0.1) is 11.4 Å². The highest BCUT2D eigenvalue weighted by Crippen LogP contribution is 2.22. The van der Waals surface area contributed by atoms with Crippen LogP contribution in [0.25, 0.3) is 0 Å². The number of amides is 1. The Kier molecular flexibility index (Phi) is 5.07. The minimum atomic E-state index is -0.820. The summed E-state index contributed by atoms with van der Waals surface area (Å²) in [6.45, 7) is 0. The fourth-order valence-corrected chi connectivity index (χ4v) is 2.90. The van der Waals surface area contributed by atoms with E-state index in [1.165, 1.54) is 0 Å². The first-order valence-electron chi connectivity index (χ1n) is 8.83. The summed E-state index contributed by atoms with van der Waals surface area (Å²) in [4.78, 5) is 25.9. The molecule has 7 heteroatoms. The Morgan fingerprint density at radius 2 is 1.96 bits per heavy atom. The highest BCUT2D eigenvalue weighted by molar-refractivity contribution is 6.05. The van der Waals surface area contributed by atoms with Gasteiger partial charge in [-0.1, -0.05) is 23.4 Å². The molecule has 0 spiro atoms. The highest BCUT2D eigenvalue weighted by Gasteiger charge is 2.29. The van der Waals surface area contributed by atoms with E-state index in [4.69, 9.17) is 4.84 Å². The smallest absolute Gasteiger partial charge is 0.268 e. The van der Waals surface area contributed by atoms with Gasteiger partial charge in [0.25, 0.3) is 5.91 Å². The first kappa shape index (κ1) is 17.8. The monoisotopic (exact) mass is 374 g/mol. The van der Waals surface area contributed by atoms with Gasteiger partial charge < -0.3 is 15.3 Å². The molecule has 140 valence electrons. The van der Waals surface area contributed by atoms with Gasteiger partial charge in [0, 0.05) is 36.3 Å². The molecule has 3 heterocycles. The second-order valence-electron chi connectivity index (χ2n) is 6.35. The lowest BCUT2D eigenvalue weighted by atomic mass is 10.1. The number of nitrogens with one attached hydrogen (secondary N) is 1. The van der Waals surface area contributed by atoms with Crippen LogP contribution in [0, 0.1) is 0 Å². The molecule has 2 N–H and O–H groups in total. The van der Waals surface area contributed by atoms with Crippen molar-refractivity contribution in [3.05, 3.63) is 90.0 Å². The first-order chi connectivity index (χ1) is 13.7. The van der Waals surface area contributed by atoms with Crippen molar-refractivity contribution in [2.24, 2.45) is 5.16 Å². The number of carbonyl (C=O) groups is 1. The van der Waals surface area contributed by atoms with E-state index < -0.39 is 12.2 Å². The number of aliphatic hydroxyl groups excluding tert-OH is 1. The van der Waals surface area contributed by atoms with Gasteiger partial charge in [-0.3, -0.25) is 14.8 Å². The second-order valence-corrected chi connectivity index (χ2v) is 6.35. The van der Waals surface area contributed by atoms with Crippen molar-refractivity contribution < 1.29 is 14.7 Å². The molecule has 3 aromatic rings. The average molecular weight is 374 g/mol. The zero-order chi connectivity index (χ0) is 19.3. The molecule has 7 nitrogen and oxygen atoms in total. The van der Waals surface area contributed by atoms with E-state index in [2.05, 4.69) is 20.4 Å². The molecule has 1 aromatic carbocycles. The summed E-state index contributed by atoms with van der Waals surface area (Å²) in [6, 6.07) is 16.0. The Morgan fingerprint density at radius 3 is 2.68 bits per heavy atom. The van der Waals surface area contributed by atoms with Gasteiger partial charge in [0.15, 0.2) is 0 Å². The number of anilines is 1. The van der Waals surface area contributed by atoms with Crippen LogP contribution in [0.3, 0.4) is 0 Å². The van der Waals surface area contributed by atoms with E-state index >= 15 is 0 Å². The van der Waals surface area contributed by atoms with Crippen molar-refractivity contribution in [2.45, 2.75) is 18.6 Å². The summed E-state index contributed by atoms with van der Waals surface area (Å²) >= 11 is 0. The molecule has 0 saturated carbocycles. The zero-order valence-electron chi connectivity index (χ0n) is 14.9. The van der Waals surface area contributed by atoms with E-state index in [9.17, 15) is 9.90 Å². The van der Waals surface area contributed by atoms with Crippen molar-refractivity contribution >= 4 is 17.3 Å². The number of pyridine rings is 2. The van der Waals surface area contributed by atoms with Crippen LogP contribution in [0.2, 0.25) is 0 Å². The van der Waals surface area contributed by atoms with Crippen LogP contribution in [0.1, 0.15) is 29.3 Å². The Balaban J connectivity index is 1.37. The summed E-state index contributed by atoms with van der Waals surface area (Å²) < 4.78 is 0. The topological polar surface area (TPSA) is 96.7 Å². The van der Waals surface area contributed by atoms with Gasteiger partial charge in [-0.05, 0) is 42.0 Å². The predicted octanol–water partition coefficient (Wildman–Crippen LogP) is 2.69. The number of oxime groups is 1. The quantitative estimate of drug-likeness (QED) is 0.716. The highest BCUT2D eigenvalue weighted by atomic mass is 16.6. The molecule has 0 aliphatic carbocycles. The fourth-order valence-electron chi connectivity index (χ4n) is 2.90. The molecule has 1 aliphatic rings. The number of aromatic nitrogens is 2. The number of hydrogen-bond donors (Lipinski definition) is 2. The lowest BCUT2D eigenvalue weighted by Crippen LogP contribution is -2.28. The van der Waals surface area contributed by atoms with Crippen LogP contribution in [0.5, 0.6) is 0 Å². The standard InChI is InChI=1S/C21H18N4O3/c26-20(17-5-1-2-11-23-17)14-6-8-16(9-7-14)24-21(27)19-12-18(25-28-19)15-4-3-10-22-13-15/h1-11,13,19-20,26H,12H2,(H,24,27). The maximum absolute atomic E-state index is 12.4. The molecule has 1 amide bonds. The van der Waals surface area contributed by atoms with E-state index in [1.807, 2.05) is 18.2 Å². The third kappa shape index (κ3) is 3.89. The van der Waals surface area contributed by atoms with Crippen LogP contribution in [0.4, 0.5) is 5.69 Å². The molecular formula is C21H18N4O3. The van der Waals surface area contributed by atoms with Crippen LogP contribution < -0.4 is 5.32 Å². The zero-order valence-corrected chi connectivity index (χ0v) is 14.9. The molecule has 2 aromatic heterocycles. The number of rotatable bonds is 5. The van der Waals surface area contributed by atoms with Crippen molar-refractivity contribution in [1.29, 1.82) is 0 Å². The molecule has 0 saturated heterocycles. The van der Waals surface area contributed by atoms with Gasteiger partial charge in [-0.15, -0.1) is 0 Å². The van der Waals surface area contributed by atoms with Gasteiger partial charge in [0.2, 0.25) is 6.10 Å². The number of nitrogens with zero attached hydrogens (tertiary/aromatic N) is 3. The number of aliphatic hydroxyl groups is 1. The molecule has 2 atom stereocenters. The normalized spacial score (nSPS) is 16.8. The number of hydrogen-bond acceptors (Lipinski definition) is 6. The van der Waals surface area contributed by atoms with E-state index in [0.29, 0.717) is 29.1 Å². The Hall–Kier alpha value is -3.58. The van der Waals surface area contributed by atoms with Crippen LogP contribution in [-0.4, -0.2) is 32.8 Å². The van der Waals surface area contributed by atoms with E-state index in [0.717, 1.165) is 5.56 Å². The van der Waals surface area contributed by atoms with Gasteiger partial charge in [-0.25, -0.2) is 0 Å². The number of carbonyl (C=O) groups excluding carboxylic acids is 1. The molecule has 28 heavy (non-hydrogen) atoms. The first-order valence-corrected chi connectivity index (χ1v) is 8.83. The van der Waals surface area contributed by atoms with Crippen molar-refractivity contribution in [3.63, 3.8) is 0 Å². The molecule has 1 aliphatic heterocycles. The largest absolute Gasteiger partial charge is 0.382 e. The summed E-state index contributed by atoms with van der Waals surface area (Å²) in [5.74, 6) is -0.277. The average Bonchev–Trinajstić information content (AvgIpc) is 3.26. The molecule has 2 unspecified atom stereocenters. The van der Waals surface area contributed by atoms with Gasteiger partial charge >= 0.3 is 0 Å². The predicted molar refractivity (Wildman–Crippen MR) is 104 cm³/mol. The molecular weight excluding hydrogens is 356 g/mol. The SMILES string of the molecule is O=C(Nc1ccc(C(O)c2ccccn2)cc1)C1CC(c2cccnc2)=NO1. The second kappa shape index (κ2) is 7.98.